The van der Waals surface area contributed by atoms with Crippen molar-refractivity contribution in [3.8, 4) is 28.7 Å². The highest BCUT2D eigenvalue weighted by Gasteiger charge is 2.26. The fourth-order valence-corrected chi connectivity index (χ4v) is 4.02. The van der Waals surface area contributed by atoms with Crippen LogP contribution >= 0.6 is 0 Å². The van der Waals surface area contributed by atoms with Gasteiger partial charge in [0.25, 0.3) is 6.43 Å². The van der Waals surface area contributed by atoms with Crippen LogP contribution in [0.2, 0.25) is 0 Å². The summed E-state index contributed by atoms with van der Waals surface area (Å²) in [4.78, 5) is 8.41. The first-order valence-electron chi connectivity index (χ1n) is 10.5. The van der Waals surface area contributed by atoms with E-state index < -0.39 is 12.1 Å². The Balaban J connectivity index is 1.56. The summed E-state index contributed by atoms with van der Waals surface area (Å²) in [5.74, 6) is 1.75. The summed E-state index contributed by atoms with van der Waals surface area (Å²) in [7, 11) is 3.10. The number of alkyl halides is 2. The van der Waals surface area contributed by atoms with Crippen molar-refractivity contribution in [1.29, 1.82) is 0 Å². The van der Waals surface area contributed by atoms with Gasteiger partial charge in [-0.25, -0.2) is 23.4 Å². The van der Waals surface area contributed by atoms with Gasteiger partial charge < -0.3 is 24.6 Å². The first kappa shape index (κ1) is 21.7. The number of anilines is 1. The molecule has 2 N–H and O–H groups in total. The van der Waals surface area contributed by atoms with Crippen LogP contribution < -0.4 is 19.5 Å². The number of fused-ring (bicyclic) bond motifs is 2. The van der Waals surface area contributed by atoms with E-state index >= 15 is 0 Å². The molecule has 0 fully saturated rings. The number of hydrogen-bond donors (Lipinski definition) is 2. The average molecular weight is 469 g/mol. The van der Waals surface area contributed by atoms with Gasteiger partial charge >= 0.3 is 0 Å². The lowest BCUT2D eigenvalue weighted by molar-refractivity contribution is 0.147. The van der Waals surface area contributed by atoms with Crippen LogP contribution in [0.1, 0.15) is 23.2 Å². The Morgan fingerprint density at radius 3 is 2.79 bits per heavy atom. The molecule has 5 rings (SSSR count). The van der Waals surface area contributed by atoms with Crippen LogP contribution in [0.5, 0.6) is 23.0 Å². The minimum absolute atomic E-state index is 0.0775. The molecule has 9 nitrogen and oxygen atoms in total. The molecule has 0 spiro atoms. The number of rotatable bonds is 7. The number of halogens is 2. The molecule has 2 aromatic heterocycles. The van der Waals surface area contributed by atoms with Gasteiger partial charge in [-0.1, -0.05) is 0 Å². The second-order valence-electron chi connectivity index (χ2n) is 7.60. The van der Waals surface area contributed by atoms with Crippen LogP contribution in [0.15, 0.2) is 36.7 Å². The molecule has 0 amide bonds. The first-order valence-corrected chi connectivity index (χ1v) is 10.5. The Morgan fingerprint density at radius 1 is 1.18 bits per heavy atom. The molecule has 0 unspecified atom stereocenters. The van der Waals surface area contributed by atoms with E-state index in [0.29, 0.717) is 36.0 Å². The standard InChI is InChI=1S/C23H21F2N5O4/c1-32-15-4-3-13(17(9-15)33-2)10-26-22-18-19(21(24)25)29-30(23(18)28-11-27-22)14-7-12-5-6-34-20(12)16(31)8-14/h3-4,7-9,11,21,31H,5-6,10H2,1-2H3,(H,26,27,28). The van der Waals surface area contributed by atoms with E-state index in [-0.39, 0.29) is 29.1 Å². The molecular weight excluding hydrogens is 448 g/mol. The molecule has 4 aromatic rings. The third-order valence-corrected chi connectivity index (χ3v) is 5.63. The molecule has 0 saturated carbocycles. The number of phenols is 1. The van der Waals surface area contributed by atoms with Crippen molar-refractivity contribution in [1.82, 2.24) is 19.7 Å². The summed E-state index contributed by atoms with van der Waals surface area (Å²) >= 11 is 0. The number of hydrogen-bond acceptors (Lipinski definition) is 8. The van der Waals surface area contributed by atoms with Crippen LogP contribution in [0.3, 0.4) is 0 Å². The van der Waals surface area contributed by atoms with E-state index in [1.807, 2.05) is 6.07 Å². The van der Waals surface area contributed by atoms with Crippen molar-refractivity contribution in [2.24, 2.45) is 0 Å². The maximum Gasteiger partial charge on any atom is 0.282 e. The molecular formula is C23H21F2N5O4. The highest BCUT2D eigenvalue weighted by Crippen LogP contribution is 2.39. The predicted molar refractivity (Wildman–Crippen MR) is 119 cm³/mol. The number of aromatic nitrogens is 4. The number of aromatic hydroxyl groups is 1. The third-order valence-electron chi connectivity index (χ3n) is 5.63. The van der Waals surface area contributed by atoms with Crippen LogP contribution in [-0.4, -0.2) is 45.7 Å². The summed E-state index contributed by atoms with van der Waals surface area (Å²) in [6.45, 7) is 0.698. The Bertz CT molecular complexity index is 1380. The van der Waals surface area contributed by atoms with Gasteiger partial charge in [0.1, 0.15) is 29.3 Å². The van der Waals surface area contributed by atoms with Crippen molar-refractivity contribution in [3.63, 3.8) is 0 Å². The summed E-state index contributed by atoms with van der Waals surface area (Å²) in [6.07, 6.45) is -0.986. The molecule has 0 radical (unpaired) electrons. The van der Waals surface area contributed by atoms with Crippen molar-refractivity contribution >= 4 is 16.9 Å². The molecule has 3 heterocycles. The lowest BCUT2D eigenvalue weighted by atomic mass is 10.1. The summed E-state index contributed by atoms with van der Waals surface area (Å²) < 4.78 is 45.4. The van der Waals surface area contributed by atoms with E-state index in [0.717, 1.165) is 11.1 Å². The Labute approximate surface area is 192 Å². The molecule has 2 aromatic carbocycles. The normalized spacial score (nSPS) is 12.6. The lowest BCUT2D eigenvalue weighted by Crippen LogP contribution is -2.05. The fourth-order valence-electron chi connectivity index (χ4n) is 4.02. The SMILES string of the molecule is COc1ccc(CNc2ncnc3c2c(C(F)F)nn3-c2cc(O)c3c(c2)CCO3)c(OC)c1. The summed E-state index contributed by atoms with van der Waals surface area (Å²) in [6, 6.07) is 8.50. The van der Waals surface area contributed by atoms with Gasteiger partial charge in [0.2, 0.25) is 0 Å². The molecule has 1 aliphatic rings. The maximum absolute atomic E-state index is 14.0. The molecule has 34 heavy (non-hydrogen) atoms. The zero-order valence-electron chi connectivity index (χ0n) is 18.4. The first-order chi connectivity index (χ1) is 16.5. The van der Waals surface area contributed by atoms with Crippen molar-refractivity contribution in [2.75, 3.05) is 26.1 Å². The highest BCUT2D eigenvalue weighted by atomic mass is 19.3. The van der Waals surface area contributed by atoms with Crippen LogP contribution in [0, 0.1) is 0 Å². The van der Waals surface area contributed by atoms with E-state index in [1.54, 1.807) is 25.3 Å². The number of phenolic OH excluding ortho intramolecular Hbond substituents is 1. The maximum atomic E-state index is 14.0. The van der Waals surface area contributed by atoms with Crippen LogP contribution in [0.25, 0.3) is 16.7 Å². The molecule has 0 bridgehead atoms. The van der Waals surface area contributed by atoms with Crippen LogP contribution in [-0.2, 0) is 13.0 Å². The van der Waals surface area contributed by atoms with Crippen molar-refractivity contribution in [2.45, 2.75) is 19.4 Å². The topological polar surface area (TPSA) is 104 Å². The summed E-state index contributed by atoms with van der Waals surface area (Å²) in [5.41, 5.74) is 1.68. The van der Waals surface area contributed by atoms with Gasteiger partial charge in [-0.2, -0.15) is 5.10 Å². The van der Waals surface area contributed by atoms with Crippen LogP contribution in [0.4, 0.5) is 14.6 Å². The third kappa shape index (κ3) is 3.68. The van der Waals surface area contributed by atoms with E-state index in [9.17, 15) is 13.9 Å². The zero-order valence-corrected chi connectivity index (χ0v) is 18.4. The van der Waals surface area contributed by atoms with Gasteiger partial charge in [0.05, 0.1) is 31.9 Å². The number of benzene rings is 2. The van der Waals surface area contributed by atoms with Gasteiger partial charge in [0.15, 0.2) is 17.1 Å². The van der Waals surface area contributed by atoms with E-state index in [1.165, 1.54) is 24.2 Å². The number of nitrogens with zero attached hydrogens (tertiary/aromatic N) is 4. The average Bonchev–Trinajstić information content (AvgIpc) is 3.48. The second-order valence-corrected chi connectivity index (χ2v) is 7.60. The quantitative estimate of drug-likeness (QED) is 0.418. The summed E-state index contributed by atoms with van der Waals surface area (Å²) in [5, 5.41) is 17.7. The van der Waals surface area contributed by atoms with Gasteiger partial charge in [-0.15, -0.1) is 0 Å². The lowest BCUT2D eigenvalue weighted by Gasteiger charge is -2.12. The molecule has 0 aliphatic carbocycles. The predicted octanol–water partition coefficient (Wildman–Crippen LogP) is 4.02. The Kier molecular flexibility index (Phi) is 5.52. The van der Waals surface area contributed by atoms with E-state index in [2.05, 4.69) is 20.4 Å². The minimum Gasteiger partial charge on any atom is -0.504 e. The second kappa shape index (κ2) is 8.65. The molecule has 0 atom stereocenters. The largest absolute Gasteiger partial charge is 0.504 e. The number of methoxy groups -OCH3 is 2. The minimum atomic E-state index is -2.86. The number of ether oxygens (including phenoxy) is 3. The van der Waals surface area contributed by atoms with E-state index in [4.69, 9.17) is 14.2 Å². The smallest absolute Gasteiger partial charge is 0.282 e. The molecule has 176 valence electrons. The molecule has 0 saturated heterocycles. The zero-order chi connectivity index (χ0) is 23.8. The van der Waals surface area contributed by atoms with Gasteiger partial charge in [0, 0.05) is 36.2 Å². The Morgan fingerprint density at radius 2 is 2.03 bits per heavy atom. The fraction of sp³-hybridized carbons (Fsp3) is 0.261. The number of nitrogens with one attached hydrogen (secondary N) is 1. The van der Waals surface area contributed by atoms with Crippen molar-refractivity contribution in [3.05, 3.63) is 53.5 Å². The monoisotopic (exact) mass is 469 g/mol. The molecule has 11 heteroatoms. The Hall–Kier alpha value is -4.15. The highest BCUT2D eigenvalue weighted by molar-refractivity contribution is 5.90. The molecule has 1 aliphatic heterocycles. The van der Waals surface area contributed by atoms with Gasteiger partial charge in [-0.05, 0) is 18.2 Å². The van der Waals surface area contributed by atoms with Gasteiger partial charge in [-0.3, -0.25) is 0 Å². The van der Waals surface area contributed by atoms with Crippen molar-refractivity contribution < 1.29 is 28.1 Å².